The third kappa shape index (κ3) is 2.94. The third-order valence-electron chi connectivity index (χ3n) is 2.84. The van der Waals surface area contributed by atoms with Crippen LogP contribution in [-0.2, 0) is 4.79 Å². The first-order valence-corrected chi connectivity index (χ1v) is 4.91. The molecular weight excluding hydrogens is 184 g/mol. The van der Waals surface area contributed by atoms with Crippen molar-refractivity contribution in [3.05, 3.63) is 0 Å². The monoisotopic (exact) mass is 202 g/mol. The lowest BCUT2D eigenvalue weighted by Crippen LogP contribution is -2.41. The highest BCUT2D eigenvalue weighted by Gasteiger charge is 2.29. The highest BCUT2D eigenvalue weighted by atomic mass is 16.3. The average Bonchev–Trinajstić information content (AvgIpc) is 2.11. The number of aliphatic hydroxyl groups is 2. The fraction of sp³-hybridized carbons (Fsp3) is 0.889. The van der Waals surface area contributed by atoms with Crippen LogP contribution in [0, 0.1) is 5.92 Å². The molecule has 5 nitrogen and oxygen atoms in total. The number of amides is 1. The van der Waals surface area contributed by atoms with E-state index in [0.717, 1.165) is 6.42 Å². The summed E-state index contributed by atoms with van der Waals surface area (Å²) in [6, 6.07) is -0.637. The van der Waals surface area contributed by atoms with E-state index in [-0.39, 0.29) is 5.92 Å². The van der Waals surface area contributed by atoms with Crippen molar-refractivity contribution >= 4 is 5.91 Å². The van der Waals surface area contributed by atoms with E-state index in [1.54, 1.807) is 0 Å². The summed E-state index contributed by atoms with van der Waals surface area (Å²) in [6.07, 6.45) is 1.04. The molecule has 0 aromatic heterocycles. The molecule has 1 rings (SSSR count). The van der Waals surface area contributed by atoms with Crippen LogP contribution in [0.15, 0.2) is 0 Å². The second-order valence-electron chi connectivity index (χ2n) is 4.06. The minimum atomic E-state index is -0.686. The zero-order chi connectivity index (χ0) is 10.7. The number of hydrogen-bond acceptors (Lipinski definition) is 4. The van der Waals surface area contributed by atoms with Crippen molar-refractivity contribution in [2.24, 2.45) is 17.4 Å². The molecule has 1 fully saturated rings. The Balaban J connectivity index is 2.36. The molecule has 0 radical (unpaired) electrons. The van der Waals surface area contributed by atoms with Gasteiger partial charge in [-0.25, -0.2) is 0 Å². The van der Waals surface area contributed by atoms with Gasteiger partial charge in [-0.05, 0) is 31.6 Å². The number of hydrogen-bond donors (Lipinski definition) is 4. The zero-order valence-electron chi connectivity index (χ0n) is 8.10. The number of primary amides is 1. The van der Waals surface area contributed by atoms with Crippen molar-refractivity contribution in [2.75, 3.05) is 0 Å². The van der Waals surface area contributed by atoms with E-state index in [1.807, 2.05) is 0 Å². The minimum Gasteiger partial charge on any atom is -0.390 e. The Morgan fingerprint density at radius 1 is 1.36 bits per heavy atom. The summed E-state index contributed by atoms with van der Waals surface area (Å²) in [5, 5.41) is 18.7. The van der Waals surface area contributed by atoms with E-state index in [1.165, 1.54) is 0 Å². The molecule has 0 aromatic rings. The summed E-state index contributed by atoms with van der Waals surface area (Å²) >= 11 is 0. The van der Waals surface area contributed by atoms with Gasteiger partial charge >= 0.3 is 0 Å². The number of nitrogens with two attached hydrogens (primary N) is 2. The summed E-state index contributed by atoms with van der Waals surface area (Å²) in [6.45, 7) is 0. The van der Waals surface area contributed by atoms with E-state index in [2.05, 4.69) is 0 Å². The second kappa shape index (κ2) is 4.72. The van der Waals surface area contributed by atoms with Gasteiger partial charge in [0, 0.05) is 0 Å². The topological polar surface area (TPSA) is 110 Å². The van der Waals surface area contributed by atoms with E-state index in [0.29, 0.717) is 19.3 Å². The quantitative estimate of drug-likeness (QED) is 0.456. The van der Waals surface area contributed by atoms with Crippen molar-refractivity contribution in [3.63, 3.8) is 0 Å². The van der Waals surface area contributed by atoms with Crippen LogP contribution in [0.2, 0.25) is 0 Å². The smallest absolute Gasteiger partial charge is 0.234 e. The Kier molecular flexibility index (Phi) is 3.86. The van der Waals surface area contributed by atoms with Crippen LogP contribution >= 0.6 is 0 Å². The van der Waals surface area contributed by atoms with Crippen molar-refractivity contribution < 1.29 is 15.0 Å². The van der Waals surface area contributed by atoms with Crippen LogP contribution in [0.1, 0.15) is 25.7 Å². The van der Waals surface area contributed by atoms with Gasteiger partial charge in [-0.3, -0.25) is 4.79 Å². The maximum atomic E-state index is 10.7. The second-order valence-corrected chi connectivity index (χ2v) is 4.06. The van der Waals surface area contributed by atoms with Gasteiger partial charge < -0.3 is 21.7 Å². The molecule has 1 aliphatic rings. The van der Waals surface area contributed by atoms with Gasteiger partial charge in [-0.2, -0.15) is 0 Å². The fourth-order valence-corrected chi connectivity index (χ4v) is 1.90. The summed E-state index contributed by atoms with van der Waals surface area (Å²) < 4.78 is 0. The van der Waals surface area contributed by atoms with E-state index in [9.17, 15) is 15.0 Å². The molecule has 82 valence electrons. The maximum absolute atomic E-state index is 10.7. The highest BCUT2D eigenvalue weighted by Crippen LogP contribution is 2.27. The maximum Gasteiger partial charge on any atom is 0.234 e. The van der Waals surface area contributed by atoms with Crippen molar-refractivity contribution in [2.45, 2.75) is 43.9 Å². The van der Waals surface area contributed by atoms with Crippen LogP contribution in [-0.4, -0.2) is 34.4 Å². The lowest BCUT2D eigenvalue weighted by atomic mass is 9.82. The van der Waals surface area contributed by atoms with Crippen molar-refractivity contribution in [3.8, 4) is 0 Å². The molecule has 0 heterocycles. The van der Waals surface area contributed by atoms with Gasteiger partial charge in [0.15, 0.2) is 0 Å². The summed E-state index contributed by atoms with van der Waals surface area (Å²) in [7, 11) is 0. The molecule has 6 N–H and O–H groups in total. The average molecular weight is 202 g/mol. The first-order valence-electron chi connectivity index (χ1n) is 4.91. The summed E-state index contributed by atoms with van der Waals surface area (Å²) in [4.78, 5) is 10.7. The largest absolute Gasteiger partial charge is 0.390 e. The SMILES string of the molecule is NC(=O)C(N)CC1CCC(O)C(O)C1. The molecule has 0 saturated heterocycles. The Labute approximate surface area is 83.1 Å². The lowest BCUT2D eigenvalue weighted by molar-refractivity contribution is -0.119. The third-order valence-corrected chi connectivity index (χ3v) is 2.84. The molecule has 0 aromatic carbocycles. The Bertz CT molecular complexity index is 210. The van der Waals surface area contributed by atoms with Gasteiger partial charge in [0.25, 0.3) is 0 Å². The molecule has 5 heteroatoms. The van der Waals surface area contributed by atoms with Gasteiger partial charge in [0.2, 0.25) is 5.91 Å². The van der Waals surface area contributed by atoms with Crippen molar-refractivity contribution in [1.29, 1.82) is 0 Å². The van der Waals surface area contributed by atoms with E-state index < -0.39 is 24.2 Å². The summed E-state index contributed by atoms with van der Waals surface area (Å²) in [5.74, 6) is -0.318. The molecule has 0 aliphatic heterocycles. The summed E-state index contributed by atoms with van der Waals surface area (Å²) in [5.41, 5.74) is 10.5. The molecule has 1 amide bonds. The molecule has 4 atom stereocenters. The van der Waals surface area contributed by atoms with Crippen molar-refractivity contribution in [1.82, 2.24) is 0 Å². The number of carbonyl (C=O) groups excluding carboxylic acids is 1. The molecule has 4 unspecified atom stereocenters. The molecule has 14 heavy (non-hydrogen) atoms. The van der Waals surface area contributed by atoms with Gasteiger partial charge in [0.1, 0.15) is 0 Å². The lowest BCUT2D eigenvalue weighted by Gasteiger charge is -2.30. The molecule has 0 bridgehead atoms. The molecule has 1 aliphatic carbocycles. The molecule has 1 saturated carbocycles. The zero-order valence-corrected chi connectivity index (χ0v) is 8.10. The van der Waals surface area contributed by atoms with Crippen LogP contribution in [0.4, 0.5) is 0 Å². The Hall–Kier alpha value is -0.650. The normalized spacial score (nSPS) is 35.2. The van der Waals surface area contributed by atoms with Crippen LogP contribution in [0.3, 0.4) is 0 Å². The van der Waals surface area contributed by atoms with Crippen LogP contribution in [0.5, 0.6) is 0 Å². The highest BCUT2D eigenvalue weighted by molar-refractivity contribution is 5.79. The number of aliphatic hydroxyl groups excluding tert-OH is 2. The molecule has 0 spiro atoms. The Morgan fingerprint density at radius 2 is 2.00 bits per heavy atom. The molecular formula is C9H18N2O3. The van der Waals surface area contributed by atoms with Gasteiger partial charge in [-0.1, -0.05) is 0 Å². The van der Waals surface area contributed by atoms with E-state index in [4.69, 9.17) is 11.5 Å². The van der Waals surface area contributed by atoms with Gasteiger partial charge in [0.05, 0.1) is 18.2 Å². The fourth-order valence-electron chi connectivity index (χ4n) is 1.90. The Morgan fingerprint density at radius 3 is 2.50 bits per heavy atom. The van der Waals surface area contributed by atoms with Gasteiger partial charge in [-0.15, -0.1) is 0 Å². The standard InChI is InChI=1S/C9H18N2O3/c10-6(9(11)14)3-5-1-2-7(12)8(13)4-5/h5-8,12-13H,1-4,10H2,(H2,11,14). The predicted octanol–water partition coefficient (Wildman–Crippen LogP) is -1.29. The number of rotatable bonds is 3. The van der Waals surface area contributed by atoms with Crippen LogP contribution in [0.25, 0.3) is 0 Å². The van der Waals surface area contributed by atoms with E-state index >= 15 is 0 Å². The minimum absolute atomic E-state index is 0.191. The first-order chi connectivity index (χ1) is 6.50. The van der Waals surface area contributed by atoms with Crippen LogP contribution < -0.4 is 11.5 Å². The first kappa shape index (κ1) is 11.4. The number of carbonyl (C=O) groups is 1. The predicted molar refractivity (Wildman–Crippen MR) is 51.1 cm³/mol.